The fraction of sp³-hybridized carbons (Fsp3) is 0.381. The first kappa shape index (κ1) is 20.3. The van der Waals surface area contributed by atoms with E-state index in [1.807, 2.05) is 30.3 Å². The van der Waals surface area contributed by atoms with E-state index in [9.17, 15) is 22.5 Å². The number of sulfone groups is 1. The van der Waals surface area contributed by atoms with Gasteiger partial charge in [-0.15, -0.1) is 0 Å². The highest BCUT2D eigenvalue weighted by molar-refractivity contribution is 7.91. The minimum Gasteiger partial charge on any atom is -0.382 e. The van der Waals surface area contributed by atoms with Crippen molar-refractivity contribution in [2.24, 2.45) is 0 Å². The molecule has 0 spiro atoms. The van der Waals surface area contributed by atoms with Crippen molar-refractivity contribution in [3.63, 3.8) is 0 Å². The number of nitriles is 1. The van der Waals surface area contributed by atoms with E-state index in [2.05, 4.69) is 17.5 Å². The van der Waals surface area contributed by atoms with Gasteiger partial charge in [-0.2, -0.15) is 14.0 Å². The first-order chi connectivity index (χ1) is 13.4. The summed E-state index contributed by atoms with van der Waals surface area (Å²) in [5.41, 5.74) is 1.42. The van der Waals surface area contributed by atoms with Crippen LogP contribution in [0.3, 0.4) is 0 Å². The quantitative estimate of drug-likeness (QED) is 0.760. The molecule has 0 amide bonds. The SMILES string of the molecule is N#CCC1(c2c[c]c(S(=O)(=O)C(F)F)cc2)CCC(Nc2ccccc2)CC1. The molecule has 0 unspecified atom stereocenters. The summed E-state index contributed by atoms with van der Waals surface area (Å²) in [5, 5.41) is 12.8. The van der Waals surface area contributed by atoms with E-state index in [0.29, 0.717) is 6.42 Å². The number of halogens is 2. The number of hydrogen-bond donors (Lipinski definition) is 1. The number of nitrogens with zero attached hydrogens (tertiary/aromatic N) is 1. The van der Waals surface area contributed by atoms with Crippen molar-refractivity contribution in [2.45, 2.75) is 54.2 Å². The Labute approximate surface area is 164 Å². The van der Waals surface area contributed by atoms with Crippen LogP contribution in [0.1, 0.15) is 37.7 Å². The molecule has 2 aromatic rings. The lowest BCUT2D eigenvalue weighted by Crippen LogP contribution is -2.36. The van der Waals surface area contributed by atoms with Crippen molar-refractivity contribution in [2.75, 3.05) is 5.32 Å². The van der Waals surface area contributed by atoms with Gasteiger partial charge in [0.1, 0.15) is 0 Å². The Bertz CT molecular complexity index is 931. The summed E-state index contributed by atoms with van der Waals surface area (Å²) in [6.07, 6.45) is 3.50. The molecule has 0 aliphatic heterocycles. The van der Waals surface area contributed by atoms with Gasteiger partial charge in [0.25, 0.3) is 0 Å². The maximum absolute atomic E-state index is 12.7. The lowest BCUT2D eigenvalue weighted by atomic mass is 9.66. The summed E-state index contributed by atoms with van der Waals surface area (Å²) in [5.74, 6) is -3.47. The predicted octanol–water partition coefficient (Wildman–Crippen LogP) is 4.69. The highest BCUT2D eigenvalue weighted by Crippen LogP contribution is 2.43. The summed E-state index contributed by atoms with van der Waals surface area (Å²) >= 11 is 0. The van der Waals surface area contributed by atoms with Crippen LogP contribution < -0.4 is 5.32 Å². The van der Waals surface area contributed by atoms with Crippen LogP contribution in [0, 0.1) is 17.4 Å². The largest absolute Gasteiger partial charge is 0.382 e. The van der Waals surface area contributed by atoms with Gasteiger partial charge in [0.2, 0.25) is 9.84 Å². The van der Waals surface area contributed by atoms with Gasteiger partial charge in [-0.3, -0.25) is 0 Å². The first-order valence-corrected chi connectivity index (χ1v) is 10.6. The Kier molecular flexibility index (Phi) is 5.99. The Morgan fingerprint density at radius 2 is 1.86 bits per heavy atom. The van der Waals surface area contributed by atoms with Crippen LogP contribution in [0.4, 0.5) is 14.5 Å². The topological polar surface area (TPSA) is 70.0 Å². The second-order valence-electron chi connectivity index (χ2n) is 7.15. The molecule has 1 N–H and O–H groups in total. The van der Waals surface area contributed by atoms with E-state index >= 15 is 0 Å². The standard InChI is InChI=1S/C21H21F2N2O2S/c22-20(23)28(26,27)19-8-6-16(7-9-19)21(14-15-24)12-10-18(11-13-21)25-17-4-2-1-3-5-17/h1-8,18,20,25H,10-14H2. The molecule has 3 rings (SSSR count). The second kappa shape index (κ2) is 8.27. The molecule has 0 aromatic heterocycles. The molecule has 4 nitrogen and oxygen atoms in total. The van der Waals surface area contributed by atoms with Crippen LogP contribution in [-0.2, 0) is 15.3 Å². The maximum atomic E-state index is 12.7. The first-order valence-electron chi connectivity index (χ1n) is 9.10. The molecule has 0 saturated heterocycles. The van der Waals surface area contributed by atoms with Crippen LogP contribution in [0.25, 0.3) is 0 Å². The third-order valence-electron chi connectivity index (χ3n) is 5.44. The predicted molar refractivity (Wildman–Crippen MR) is 103 cm³/mol. The molecule has 1 fully saturated rings. The average molecular weight is 403 g/mol. The lowest BCUT2D eigenvalue weighted by molar-refractivity contribution is 0.234. The molecule has 7 heteroatoms. The van der Waals surface area contributed by atoms with Gasteiger partial charge in [-0.25, -0.2) is 8.42 Å². The molecule has 2 aromatic carbocycles. The van der Waals surface area contributed by atoms with Crippen molar-refractivity contribution in [1.29, 1.82) is 5.26 Å². The Hall–Kier alpha value is -2.46. The molecule has 0 atom stereocenters. The fourth-order valence-electron chi connectivity index (χ4n) is 3.82. The minimum absolute atomic E-state index is 0.289. The molecule has 1 radical (unpaired) electrons. The van der Waals surface area contributed by atoms with Crippen LogP contribution in [-0.4, -0.2) is 20.2 Å². The fourth-order valence-corrected chi connectivity index (χ4v) is 4.49. The van der Waals surface area contributed by atoms with Crippen molar-refractivity contribution < 1.29 is 17.2 Å². The van der Waals surface area contributed by atoms with Gasteiger partial charge in [0, 0.05) is 29.6 Å². The number of anilines is 1. The van der Waals surface area contributed by atoms with Gasteiger partial charge >= 0.3 is 5.76 Å². The molecular weight excluding hydrogens is 382 g/mol. The normalized spacial score (nSPS) is 22.6. The van der Waals surface area contributed by atoms with Crippen LogP contribution in [0.5, 0.6) is 0 Å². The van der Waals surface area contributed by atoms with Crippen LogP contribution >= 0.6 is 0 Å². The summed E-state index contributed by atoms with van der Waals surface area (Å²) in [7, 11) is -4.66. The number of alkyl halides is 2. The van der Waals surface area contributed by atoms with Crippen LogP contribution in [0.15, 0.2) is 53.4 Å². The molecular formula is C21H21F2N2O2S. The van der Waals surface area contributed by atoms with E-state index in [1.165, 1.54) is 12.1 Å². The van der Waals surface area contributed by atoms with Crippen LogP contribution in [0.2, 0.25) is 0 Å². The number of nitrogens with one attached hydrogen (secondary N) is 1. The highest BCUT2D eigenvalue weighted by atomic mass is 32.2. The van der Waals surface area contributed by atoms with Gasteiger partial charge in [-0.1, -0.05) is 24.3 Å². The van der Waals surface area contributed by atoms with E-state index in [1.54, 1.807) is 6.07 Å². The third-order valence-corrected chi connectivity index (χ3v) is 6.78. The smallest absolute Gasteiger partial charge is 0.341 e. The highest BCUT2D eigenvalue weighted by Gasteiger charge is 2.37. The van der Waals surface area contributed by atoms with E-state index in [-0.39, 0.29) is 6.04 Å². The zero-order valence-corrected chi connectivity index (χ0v) is 16.1. The zero-order chi connectivity index (χ0) is 20.2. The Morgan fingerprint density at radius 1 is 1.18 bits per heavy atom. The van der Waals surface area contributed by atoms with Crippen molar-refractivity contribution in [3.05, 3.63) is 60.2 Å². The molecule has 147 valence electrons. The molecule has 1 saturated carbocycles. The van der Waals surface area contributed by atoms with Crippen molar-refractivity contribution in [1.82, 2.24) is 0 Å². The monoisotopic (exact) mass is 403 g/mol. The third kappa shape index (κ3) is 4.17. The number of hydrogen-bond acceptors (Lipinski definition) is 4. The summed E-state index contributed by atoms with van der Waals surface area (Å²) in [4.78, 5) is -0.516. The lowest BCUT2D eigenvalue weighted by Gasteiger charge is -2.40. The van der Waals surface area contributed by atoms with Crippen molar-refractivity contribution >= 4 is 15.5 Å². The number of para-hydroxylation sites is 1. The Morgan fingerprint density at radius 3 is 2.39 bits per heavy atom. The minimum atomic E-state index is -4.66. The zero-order valence-electron chi connectivity index (χ0n) is 15.2. The Balaban J connectivity index is 1.76. The summed E-state index contributed by atoms with van der Waals surface area (Å²) in [6.45, 7) is 0. The molecule has 28 heavy (non-hydrogen) atoms. The molecule has 1 aliphatic rings. The van der Waals surface area contributed by atoms with E-state index < -0.39 is 25.9 Å². The molecule has 0 heterocycles. The second-order valence-corrected chi connectivity index (χ2v) is 9.03. The maximum Gasteiger partial charge on any atom is 0.341 e. The van der Waals surface area contributed by atoms with Gasteiger partial charge < -0.3 is 5.32 Å². The number of rotatable bonds is 6. The van der Waals surface area contributed by atoms with E-state index in [0.717, 1.165) is 36.9 Å². The van der Waals surface area contributed by atoms with Gasteiger partial charge in [0.15, 0.2) is 0 Å². The van der Waals surface area contributed by atoms with Gasteiger partial charge in [0.05, 0.1) is 11.0 Å². The van der Waals surface area contributed by atoms with Crippen molar-refractivity contribution in [3.8, 4) is 6.07 Å². The van der Waals surface area contributed by atoms with Gasteiger partial charge in [-0.05, 0) is 55.5 Å². The number of benzene rings is 2. The average Bonchev–Trinajstić information content (AvgIpc) is 2.70. The summed E-state index contributed by atoms with van der Waals surface area (Å²) < 4.78 is 48.6. The summed E-state index contributed by atoms with van der Waals surface area (Å²) in [6, 6.07) is 19.1. The molecule has 0 bridgehead atoms. The van der Waals surface area contributed by atoms with E-state index in [4.69, 9.17) is 0 Å². The molecule has 1 aliphatic carbocycles.